The summed E-state index contributed by atoms with van der Waals surface area (Å²) in [5, 5.41) is 0. The lowest BCUT2D eigenvalue weighted by Gasteiger charge is -2.34. The third-order valence-electron chi connectivity index (χ3n) is 4.10. The number of esters is 2. The van der Waals surface area contributed by atoms with E-state index in [0.717, 1.165) is 25.9 Å². The van der Waals surface area contributed by atoms with E-state index in [1.807, 2.05) is 7.05 Å². The van der Waals surface area contributed by atoms with Crippen LogP contribution in [0, 0.1) is 0 Å². The van der Waals surface area contributed by atoms with Gasteiger partial charge in [-0.05, 0) is 46.8 Å². The van der Waals surface area contributed by atoms with E-state index in [1.54, 1.807) is 26.1 Å². The van der Waals surface area contributed by atoms with Gasteiger partial charge in [0.25, 0.3) is 0 Å². The van der Waals surface area contributed by atoms with E-state index < -0.39 is 0 Å². The van der Waals surface area contributed by atoms with Crippen molar-refractivity contribution in [2.24, 2.45) is 0 Å². The molecule has 0 bridgehead atoms. The minimum absolute atomic E-state index is 0.233. The summed E-state index contributed by atoms with van der Waals surface area (Å²) in [5.74, 6) is -0.752. The number of allylic oxidation sites excluding steroid dienone is 1. The second kappa shape index (κ2) is 10.9. The van der Waals surface area contributed by atoms with Crippen LogP contribution >= 0.6 is 0 Å². The van der Waals surface area contributed by atoms with Crippen LogP contribution in [-0.2, 0) is 19.1 Å². The second-order valence-corrected chi connectivity index (χ2v) is 6.22. The van der Waals surface area contributed by atoms with Crippen LogP contribution in [0.1, 0.15) is 33.1 Å². The van der Waals surface area contributed by atoms with Crippen LogP contribution in [0.3, 0.4) is 0 Å². The van der Waals surface area contributed by atoms with Gasteiger partial charge >= 0.3 is 11.9 Å². The summed E-state index contributed by atoms with van der Waals surface area (Å²) in [4.78, 5) is 27.4. The van der Waals surface area contributed by atoms with Crippen LogP contribution in [0.4, 0.5) is 0 Å². The van der Waals surface area contributed by atoms with E-state index in [1.165, 1.54) is 12.2 Å². The fourth-order valence-electron chi connectivity index (χ4n) is 2.51. The van der Waals surface area contributed by atoms with Crippen molar-refractivity contribution in [1.29, 1.82) is 0 Å². The highest BCUT2D eigenvalue weighted by atomic mass is 16.6. The van der Waals surface area contributed by atoms with Gasteiger partial charge in [-0.3, -0.25) is 0 Å². The molecule has 1 aliphatic rings. The van der Waals surface area contributed by atoms with Crippen LogP contribution in [0.25, 0.3) is 0 Å². The molecule has 1 rings (SSSR count). The van der Waals surface area contributed by atoms with E-state index in [-0.39, 0.29) is 24.6 Å². The predicted molar refractivity (Wildman–Crippen MR) is 93.4 cm³/mol. The van der Waals surface area contributed by atoms with Crippen LogP contribution < -0.4 is 0 Å². The van der Waals surface area contributed by atoms with Gasteiger partial charge in [-0.25, -0.2) is 9.59 Å². The van der Waals surface area contributed by atoms with E-state index in [2.05, 4.69) is 16.8 Å². The third-order valence-corrected chi connectivity index (χ3v) is 4.10. The standard InChI is InChI=1S/C18H30N2O4/c1-5-6-17(21)23-14-10-15(2)24-18(22)9-13-20(4)16-7-11-19(3)12-8-16/h5-6,9,13,15-16H,7-8,10-12,14H2,1-4H3/b6-5+,13-9+. The molecule has 6 nitrogen and oxygen atoms in total. The molecule has 0 aromatic rings. The van der Waals surface area contributed by atoms with Gasteiger partial charge in [0.1, 0.15) is 6.10 Å². The number of hydrogen-bond donors (Lipinski definition) is 0. The Balaban J connectivity index is 2.25. The maximum Gasteiger partial charge on any atom is 0.332 e. The van der Waals surface area contributed by atoms with Gasteiger partial charge in [0, 0.05) is 37.9 Å². The molecule has 6 heteroatoms. The Kier molecular flexibility index (Phi) is 9.15. The van der Waals surface area contributed by atoms with Gasteiger partial charge in [-0.15, -0.1) is 0 Å². The zero-order valence-electron chi connectivity index (χ0n) is 15.2. The normalized spacial score (nSPS) is 18.0. The predicted octanol–water partition coefficient (Wildman–Crippen LogP) is 1.97. The Morgan fingerprint density at radius 3 is 2.54 bits per heavy atom. The number of rotatable bonds is 8. The number of nitrogens with zero attached hydrogens (tertiary/aromatic N) is 2. The van der Waals surface area contributed by atoms with Crippen molar-refractivity contribution >= 4 is 11.9 Å². The Morgan fingerprint density at radius 2 is 1.92 bits per heavy atom. The van der Waals surface area contributed by atoms with Crippen LogP contribution in [0.15, 0.2) is 24.4 Å². The van der Waals surface area contributed by atoms with Crippen molar-refractivity contribution in [1.82, 2.24) is 9.80 Å². The summed E-state index contributed by atoms with van der Waals surface area (Å²) in [6, 6.07) is 0.466. The molecule has 1 aliphatic heterocycles. The van der Waals surface area contributed by atoms with Gasteiger partial charge in [0.05, 0.1) is 6.61 Å². The molecule has 1 saturated heterocycles. The zero-order chi connectivity index (χ0) is 17.9. The van der Waals surface area contributed by atoms with Gasteiger partial charge in [-0.1, -0.05) is 6.08 Å². The summed E-state index contributed by atoms with van der Waals surface area (Å²) in [6.07, 6.45) is 8.61. The van der Waals surface area contributed by atoms with Crippen molar-refractivity contribution in [2.45, 2.75) is 45.3 Å². The molecular formula is C18H30N2O4. The van der Waals surface area contributed by atoms with Crippen molar-refractivity contribution in [3.05, 3.63) is 24.4 Å². The fourth-order valence-corrected chi connectivity index (χ4v) is 2.51. The fraction of sp³-hybridized carbons (Fsp3) is 0.667. The summed E-state index contributed by atoms with van der Waals surface area (Å²) in [6.45, 7) is 5.93. The van der Waals surface area contributed by atoms with Crippen LogP contribution in [0.5, 0.6) is 0 Å². The summed E-state index contributed by atoms with van der Waals surface area (Å²) in [5.41, 5.74) is 0. The number of carbonyl (C=O) groups is 2. The third kappa shape index (κ3) is 8.15. The molecule has 0 N–H and O–H groups in total. The van der Waals surface area contributed by atoms with Gasteiger partial charge < -0.3 is 19.3 Å². The van der Waals surface area contributed by atoms with E-state index in [4.69, 9.17) is 9.47 Å². The first kappa shape index (κ1) is 20.2. The molecular weight excluding hydrogens is 308 g/mol. The van der Waals surface area contributed by atoms with Crippen molar-refractivity contribution in [3.8, 4) is 0 Å². The molecule has 0 spiro atoms. The molecule has 136 valence electrons. The molecule has 1 heterocycles. The lowest BCUT2D eigenvalue weighted by molar-refractivity contribution is -0.144. The number of carbonyl (C=O) groups excluding carboxylic acids is 2. The van der Waals surface area contributed by atoms with Crippen molar-refractivity contribution < 1.29 is 19.1 Å². The molecule has 0 radical (unpaired) electrons. The number of ether oxygens (including phenoxy) is 2. The summed E-state index contributed by atoms with van der Waals surface area (Å²) < 4.78 is 10.3. The van der Waals surface area contributed by atoms with Gasteiger partial charge in [0.15, 0.2) is 0 Å². The monoisotopic (exact) mass is 338 g/mol. The largest absolute Gasteiger partial charge is 0.462 e. The Hall–Kier alpha value is -1.82. The molecule has 1 fully saturated rings. The number of hydrogen-bond acceptors (Lipinski definition) is 6. The average Bonchev–Trinajstić information content (AvgIpc) is 2.53. The molecule has 0 aliphatic carbocycles. The quantitative estimate of drug-likeness (QED) is 0.498. The number of likely N-dealkylation sites (tertiary alicyclic amines) is 1. The van der Waals surface area contributed by atoms with Gasteiger partial charge in [-0.2, -0.15) is 0 Å². The highest BCUT2D eigenvalue weighted by Gasteiger charge is 2.18. The minimum atomic E-state index is -0.379. The molecule has 0 amide bonds. The lowest BCUT2D eigenvalue weighted by Crippen LogP contribution is -2.39. The number of piperidine rings is 1. The highest BCUT2D eigenvalue weighted by molar-refractivity contribution is 5.82. The Morgan fingerprint density at radius 1 is 1.25 bits per heavy atom. The smallest absolute Gasteiger partial charge is 0.332 e. The SMILES string of the molecule is C/C=C/C(=O)OCCC(C)OC(=O)/C=C/N(C)C1CCN(C)CC1. The first-order chi connectivity index (χ1) is 11.4. The maximum atomic E-state index is 11.8. The van der Waals surface area contributed by atoms with Crippen molar-refractivity contribution in [2.75, 3.05) is 33.8 Å². The molecule has 0 aromatic heterocycles. The van der Waals surface area contributed by atoms with Gasteiger partial charge in [0.2, 0.25) is 0 Å². The first-order valence-corrected chi connectivity index (χ1v) is 8.51. The van der Waals surface area contributed by atoms with Crippen LogP contribution in [-0.4, -0.2) is 67.7 Å². The van der Waals surface area contributed by atoms with E-state index >= 15 is 0 Å². The van der Waals surface area contributed by atoms with Crippen LogP contribution in [0.2, 0.25) is 0 Å². The zero-order valence-corrected chi connectivity index (χ0v) is 15.2. The molecule has 1 unspecified atom stereocenters. The summed E-state index contributed by atoms with van der Waals surface area (Å²) in [7, 11) is 4.12. The lowest BCUT2D eigenvalue weighted by atomic mass is 10.0. The average molecular weight is 338 g/mol. The second-order valence-electron chi connectivity index (χ2n) is 6.22. The molecule has 1 atom stereocenters. The van der Waals surface area contributed by atoms with E-state index in [9.17, 15) is 9.59 Å². The Labute approximate surface area is 145 Å². The van der Waals surface area contributed by atoms with E-state index in [0.29, 0.717) is 12.5 Å². The molecule has 24 heavy (non-hydrogen) atoms. The topological polar surface area (TPSA) is 59.1 Å². The highest BCUT2D eigenvalue weighted by Crippen LogP contribution is 2.14. The first-order valence-electron chi connectivity index (χ1n) is 8.51. The molecule has 0 saturated carbocycles. The minimum Gasteiger partial charge on any atom is -0.462 e. The summed E-state index contributed by atoms with van der Waals surface area (Å²) >= 11 is 0. The molecule has 0 aromatic carbocycles. The maximum absolute atomic E-state index is 11.8. The Bertz CT molecular complexity index is 454. The van der Waals surface area contributed by atoms with Crippen molar-refractivity contribution in [3.63, 3.8) is 0 Å².